The van der Waals surface area contributed by atoms with E-state index < -0.39 is 0 Å². The van der Waals surface area contributed by atoms with Crippen LogP contribution in [0.5, 0.6) is 0 Å². The minimum atomic E-state index is 0.147. The fraction of sp³-hybridized carbons (Fsp3) is 0.170. The summed E-state index contributed by atoms with van der Waals surface area (Å²) in [6, 6.07) is 52.6. The van der Waals surface area contributed by atoms with E-state index in [0.29, 0.717) is 0 Å². The molecule has 6 aromatic rings. The third-order valence-corrected chi connectivity index (χ3v) is 9.82. The fourth-order valence-electron chi connectivity index (χ4n) is 6.30. The number of hydrogen-bond acceptors (Lipinski definition) is 1. The van der Waals surface area contributed by atoms with Gasteiger partial charge in [-0.2, -0.15) is 0 Å². The van der Waals surface area contributed by atoms with Crippen LogP contribution in [0.4, 0.5) is 17.1 Å². The molecule has 0 amide bonds. The van der Waals surface area contributed by atoms with Crippen LogP contribution in [0.15, 0.2) is 152 Å². The Bertz CT molecular complexity index is 2120. The maximum atomic E-state index is 4.05. The molecular weight excluding hydrogens is 651 g/mol. The Kier molecular flexibility index (Phi) is 11.5. The summed E-state index contributed by atoms with van der Waals surface area (Å²) in [4.78, 5) is 2.32. The zero-order chi connectivity index (χ0) is 38.3. The molecule has 0 saturated carbocycles. The lowest BCUT2D eigenvalue weighted by molar-refractivity contribution is 0.590. The summed E-state index contributed by atoms with van der Waals surface area (Å²) in [5.41, 5.74) is 15.6. The predicted octanol–water partition coefficient (Wildman–Crippen LogP) is 15.3. The van der Waals surface area contributed by atoms with E-state index >= 15 is 0 Å². The lowest BCUT2D eigenvalue weighted by Crippen LogP contribution is -2.10. The summed E-state index contributed by atoms with van der Waals surface area (Å²) in [6.45, 7) is 19.6. The number of hydrogen-bond donors (Lipinski definition) is 0. The smallest absolute Gasteiger partial charge is 0.0462 e. The summed E-state index contributed by atoms with van der Waals surface area (Å²) >= 11 is 0. The number of anilines is 3. The van der Waals surface area contributed by atoms with Crippen molar-refractivity contribution in [3.63, 3.8) is 0 Å². The Morgan fingerprint density at radius 1 is 0.370 bits per heavy atom. The molecule has 0 aromatic heterocycles. The van der Waals surface area contributed by atoms with Crippen molar-refractivity contribution in [3.8, 4) is 0 Å². The van der Waals surface area contributed by atoms with Gasteiger partial charge < -0.3 is 4.90 Å². The Hall–Kier alpha value is -5.92. The SMILES string of the molecule is C=C(C)c1ccc(/C=C/c2ccc(N(c3ccc(/C=C/c4ccc(C(C)(C)C)cc4)cc3)c3ccc(/C=C/c4ccc(C(C)(C)C)cc4)cc3)cc2)cc1. The first-order valence-corrected chi connectivity index (χ1v) is 18.9. The van der Waals surface area contributed by atoms with Crippen molar-refractivity contribution in [1.82, 2.24) is 0 Å². The van der Waals surface area contributed by atoms with E-state index in [0.717, 1.165) is 44.9 Å². The first kappa shape index (κ1) is 37.8. The molecule has 0 saturated heterocycles. The molecule has 1 nitrogen and oxygen atoms in total. The van der Waals surface area contributed by atoms with Gasteiger partial charge in [0.2, 0.25) is 0 Å². The van der Waals surface area contributed by atoms with Gasteiger partial charge in [0.1, 0.15) is 0 Å². The highest BCUT2D eigenvalue weighted by molar-refractivity contribution is 5.81. The van der Waals surface area contributed by atoms with Gasteiger partial charge in [-0.25, -0.2) is 0 Å². The topological polar surface area (TPSA) is 3.24 Å². The largest absolute Gasteiger partial charge is 0.311 e. The van der Waals surface area contributed by atoms with Gasteiger partial charge in [-0.15, -0.1) is 0 Å². The maximum absolute atomic E-state index is 4.05. The zero-order valence-corrected chi connectivity index (χ0v) is 33.0. The van der Waals surface area contributed by atoms with Gasteiger partial charge >= 0.3 is 0 Å². The summed E-state index contributed by atoms with van der Waals surface area (Å²) in [5.74, 6) is 0. The van der Waals surface area contributed by atoms with Crippen molar-refractivity contribution in [2.45, 2.75) is 59.3 Å². The second-order valence-electron chi connectivity index (χ2n) is 16.3. The van der Waals surface area contributed by atoms with Crippen molar-refractivity contribution in [1.29, 1.82) is 0 Å². The van der Waals surface area contributed by atoms with Crippen LogP contribution in [-0.2, 0) is 10.8 Å². The Morgan fingerprint density at radius 3 is 0.815 bits per heavy atom. The fourth-order valence-corrected chi connectivity index (χ4v) is 6.30. The van der Waals surface area contributed by atoms with Crippen LogP contribution in [-0.4, -0.2) is 0 Å². The lowest BCUT2D eigenvalue weighted by atomic mass is 9.87. The van der Waals surface area contributed by atoms with E-state index in [1.807, 2.05) is 6.92 Å². The van der Waals surface area contributed by atoms with Crippen molar-refractivity contribution in [2.75, 3.05) is 4.90 Å². The van der Waals surface area contributed by atoms with E-state index in [9.17, 15) is 0 Å². The molecule has 54 heavy (non-hydrogen) atoms. The minimum Gasteiger partial charge on any atom is -0.311 e. The Morgan fingerprint density at radius 2 is 0.593 bits per heavy atom. The third kappa shape index (κ3) is 9.94. The second kappa shape index (κ2) is 16.4. The summed E-state index contributed by atoms with van der Waals surface area (Å²) in [6.07, 6.45) is 13.1. The highest BCUT2D eigenvalue weighted by Gasteiger charge is 2.15. The van der Waals surface area contributed by atoms with Gasteiger partial charge in [-0.05, 0) is 104 Å². The number of nitrogens with zero attached hydrogens (tertiary/aromatic N) is 1. The molecule has 0 atom stereocenters. The van der Waals surface area contributed by atoms with Crippen LogP contribution >= 0.6 is 0 Å². The lowest BCUT2D eigenvalue weighted by Gasteiger charge is -2.26. The third-order valence-electron chi connectivity index (χ3n) is 9.82. The molecule has 6 aromatic carbocycles. The van der Waals surface area contributed by atoms with Gasteiger partial charge in [0, 0.05) is 17.1 Å². The number of allylic oxidation sites excluding steroid dienone is 1. The van der Waals surface area contributed by atoms with Crippen LogP contribution in [0.2, 0.25) is 0 Å². The molecule has 0 aliphatic carbocycles. The quantitative estimate of drug-likeness (QED) is 0.128. The van der Waals surface area contributed by atoms with Gasteiger partial charge in [0.15, 0.2) is 0 Å². The molecule has 6 rings (SSSR count). The summed E-state index contributed by atoms with van der Waals surface area (Å²) in [7, 11) is 0. The highest BCUT2D eigenvalue weighted by Crippen LogP contribution is 2.35. The molecule has 0 spiro atoms. The monoisotopic (exact) mass is 703 g/mol. The molecule has 0 bridgehead atoms. The van der Waals surface area contributed by atoms with Gasteiger partial charge in [-0.3, -0.25) is 0 Å². The van der Waals surface area contributed by atoms with E-state index in [2.05, 4.69) is 235 Å². The molecule has 0 radical (unpaired) electrons. The minimum absolute atomic E-state index is 0.147. The average Bonchev–Trinajstić information content (AvgIpc) is 3.17. The first-order chi connectivity index (χ1) is 25.8. The van der Waals surface area contributed by atoms with Crippen molar-refractivity contribution >= 4 is 59.1 Å². The predicted molar refractivity (Wildman–Crippen MR) is 239 cm³/mol. The molecule has 0 aliphatic heterocycles. The van der Waals surface area contributed by atoms with Crippen LogP contribution in [0.1, 0.15) is 98.5 Å². The Balaban J connectivity index is 1.24. The molecule has 0 N–H and O–H groups in total. The normalized spacial score (nSPS) is 12.2. The summed E-state index contributed by atoms with van der Waals surface area (Å²) in [5, 5.41) is 0. The molecule has 0 fully saturated rings. The summed E-state index contributed by atoms with van der Waals surface area (Å²) < 4.78 is 0. The van der Waals surface area contributed by atoms with Gasteiger partial charge in [0.05, 0.1) is 0 Å². The standard InChI is InChI=1S/C53H53N/c1-39(2)46-27-15-40(16-28-46)9-12-43-21-33-49(34-22-43)54(50-35-23-44(24-36-50)13-10-41-17-29-47(30-18-41)52(3,4)5)51-37-25-45(26-38-51)14-11-42-19-31-48(32-20-42)53(6,7)8/h9-38H,1H2,2-8H3/b12-9+,13-10+,14-11+. The molecule has 270 valence electrons. The highest BCUT2D eigenvalue weighted by atomic mass is 15.1. The number of benzene rings is 6. The van der Waals surface area contributed by atoms with E-state index in [4.69, 9.17) is 0 Å². The number of rotatable bonds is 10. The van der Waals surface area contributed by atoms with Crippen molar-refractivity contribution in [2.24, 2.45) is 0 Å². The molecule has 0 unspecified atom stereocenters. The van der Waals surface area contributed by atoms with Gasteiger partial charge in [-0.1, -0.05) is 199 Å². The average molecular weight is 704 g/mol. The second-order valence-corrected chi connectivity index (χ2v) is 16.3. The van der Waals surface area contributed by atoms with E-state index in [1.165, 1.54) is 27.8 Å². The van der Waals surface area contributed by atoms with Crippen LogP contribution in [0, 0.1) is 0 Å². The van der Waals surface area contributed by atoms with Gasteiger partial charge in [0.25, 0.3) is 0 Å². The van der Waals surface area contributed by atoms with Crippen molar-refractivity contribution < 1.29 is 0 Å². The zero-order valence-electron chi connectivity index (χ0n) is 33.0. The van der Waals surface area contributed by atoms with E-state index in [-0.39, 0.29) is 10.8 Å². The van der Waals surface area contributed by atoms with Crippen LogP contribution < -0.4 is 4.90 Å². The van der Waals surface area contributed by atoms with Crippen LogP contribution in [0.3, 0.4) is 0 Å². The molecule has 1 heteroatoms. The molecular formula is C53H53N. The van der Waals surface area contributed by atoms with E-state index in [1.54, 1.807) is 0 Å². The molecule has 0 aliphatic rings. The molecule has 0 heterocycles. The maximum Gasteiger partial charge on any atom is 0.0462 e. The Labute approximate surface area is 324 Å². The first-order valence-electron chi connectivity index (χ1n) is 18.9. The van der Waals surface area contributed by atoms with Crippen LogP contribution in [0.25, 0.3) is 42.0 Å². The van der Waals surface area contributed by atoms with Crippen molar-refractivity contribution in [3.05, 3.63) is 202 Å².